The summed E-state index contributed by atoms with van der Waals surface area (Å²) < 4.78 is 0.974. The van der Waals surface area contributed by atoms with Crippen LogP contribution in [0.15, 0.2) is 77.3 Å². The molecule has 0 bridgehead atoms. The van der Waals surface area contributed by atoms with Crippen LogP contribution in [0.2, 0.25) is 0 Å². The molecule has 3 aromatic carbocycles. The van der Waals surface area contributed by atoms with Gasteiger partial charge in [-0.25, -0.2) is 0 Å². The van der Waals surface area contributed by atoms with E-state index in [1.165, 1.54) is 0 Å². The van der Waals surface area contributed by atoms with Crippen LogP contribution in [0.1, 0.15) is 27.8 Å². The zero-order valence-corrected chi connectivity index (χ0v) is 20.4. The van der Waals surface area contributed by atoms with Crippen LogP contribution in [-0.2, 0) is 29.0 Å². The number of rotatable bonds is 8. The van der Waals surface area contributed by atoms with Gasteiger partial charge in [-0.05, 0) is 42.7 Å². The van der Waals surface area contributed by atoms with Gasteiger partial charge in [0, 0.05) is 24.5 Å². The molecule has 0 spiro atoms. The fourth-order valence-electron chi connectivity index (χ4n) is 3.95. The zero-order chi connectivity index (χ0) is 23.1. The molecule has 0 unspecified atom stereocenters. The molecule has 0 radical (unpaired) electrons. The molecule has 0 aliphatic carbocycles. The van der Waals surface area contributed by atoms with Gasteiger partial charge < -0.3 is 10.2 Å². The lowest BCUT2D eigenvalue weighted by Gasteiger charge is -2.31. The highest BCUT2D eigenvalue weighted by molar-refractivity contribution is 9.10. The van der Waals surface area contributed by atoms with Gasteiger partial charge in [-0.15, -0.1) is 0 Å². The molecule has 0 aliphatic rings. The highest BCUT2D eigenvalue weighted by atomic mass is 79.9. The largest absolute Gasteiger partial charge is 0.357 e. The number of halogens is 1. The number of benzene rings is 3. The molecule has 3 aromatic rings. The second-order valence-electron chi connectivity index (χ2n) is 8.14. The summed E-state index contributed by atoms with van der Waals surface area (Å²) in [6, 6.07) is 23.2. The SMILES string of the molecule is CNC(=O)[C@H](Cc1ccccc1)N(Cc1ccc(Br)cc1)C(=O)Cc1cc(C)cc(C)c1. The fourth-order valence-corrected chi connectivity index (χ4v) is 4.22. The van der Waals surface area contributed by atoms with Crippen LogP contribution in [0.25, 0.3) is 0 Å². The van der Waals surface area contributed by atoms with E-state index in [2.05, 4.69) is 27.3 Å². The van der Waals surface area contributed by atoms with Crippen molar-refractivity contribution in [1.82, 2.24) is 10.2 Å². The minimum atomic E-state index is -0.607. The van der Waals surface area contributed by atoms with Gasteiger partial charge in [-0.1, -0.05) is 87.7 Å². The molecule has 0 fully saturated rings. The lowest BCUT2D eigenvalue weighted by molar-refractivity contribution is -0.140. The Bertz CT molecular complexity index is 1040. The number of nitrogens with zero attached hydrogens (tertiary/aromatic N) is 1. The van der Waals surface area contributed by atoms with E-state index < -0.39 is 6.04 Å². The van der Waals surface area contributed by atoms with Gasteiger partial charge >= 0.3 is 0 Å². The smallest absolute Gasteiger partial charge is 0.242 e. The van der Waals surface area contributed by atoms with Crippen LogP contribution in [0.3, 0.4) is 0 Å². The third-order valence-corrected chi connectivity index (χ3v) is 5.95. The van der Waals surface area contributed by atoms with E-state index in [0.29, 0.717) is 13.0 Å². The van der Waals surface area contributed by atoms with Gasteiger partial charge in [0.05, 0.1) is 6.42 Å². The quantitative estimate of drug-likeness (QED) is 0.481. The van der Waals surface area contributed by atoms with E-state index in [1.807, 2.05) is 80.6 Å². The van der Waals surface area contributed by atoms with E-state index in [1.54, 1.807) is 11.9 Å². The maximum atomic E-state index is 13.6. The number of hydrogen-bond donors (Lipinski definition) is 1. The third-order valence-electron chi connectivity index (χ3n) is 5.42. The summed E-state index contributed by atoms with van der Waals surface area (Å²) in [5.41, 5.74) is 5.20. The molecule has 1 atom stereocenters. The zero-order valence-electron chi connectivity index (χ0n) is 18.8. The molecule has 0 heterocycles. The first-order chi connectivity index (χ1) is 15.4. The van der Waals surface area contributed by atoms with Gasteiger partial charge in [-0.3, -0.25) is 9.59 Å². The van der Waals surface area contributed by atoms with Crippen molar-refractivity contribution in [3.05, 3.63) is 105 Å². The Balaban J connectivity index is 1.95. The monoisotopic (exact) mass is 492 g/mol. The Morgan fingerprint density at radius 2 is 1.50 bits per heavy atom. The molecule has 3 rings (SSSR count). The highest BCUT2D eigenvalue weighted by Crippen LogP contribution is 2.19. The molecule has 0 aromatic heterocycles. The van der Waals surface area contributed by atoms with Crippen LogP contribution < -0.4 is 5.32 Å². The summed E-state index contributed by atoms with van der Waals surface area (Å²) in [5.74, 6) is -0.234. The normalized spacial score (nSPS) is 11.6. The van der Waals surface area contributed by atoms with E-state index in [-0.39, 0.29) is 18.2 Å². The summed E-state index contributed by atoms with van der Waals surface area (Å²) in [6.45, 7) is 4.43. The third kappa shape index (κ3) is 6.54. The molecule has 2 amide bonds. The van der Waals surface area contributed by atoms with Crippen molar-refractivity contribution in [3.8, 4) is 0 Å². The molecule has 4 nitrogen and oxygen atoms in total. The molecule has 0 saturated carbocycles. The number of hydrogen-bond acceptors (Lipinski definition) is 2. The lowest BCUT2D eigenvalue weighted by atomic mass is 10.0. The van der Waals surface area contributed by atoms with Crippen molar-refractivity contribution < 1.29 is 9.59 Å². The molecule has 0 aliphatic heterocycles. The van der Waals surface area contributed by atoms with Gasteiger partial charge in [0.15, 0.2) is 0 Å². The standard InChI is InChI=1S/C27H29BrN2O2/c1-19-13-20(2)15-23(14-19)17-26(31)30(18-22-9-11-24(28)12-10-22)25(27(32)29-3)16-21-7-5-4-6-8-21/h4-15,25H,16-18H2,1-3H3,(H,29,32)/t25-/m0/s1. The number of aryl methyl sites for hydroxylation is 2. The first-order valence-corrected chi connectivity index (χ1v) is 11.5. The van der Waals surface area contributed by atoms with E-state index in [9.17, 15) is 9.59 Å². The molecule has 0 saturated heterocycles. The Labute approximate surface area is 198 Å². The first-order valence-electron chi connectivity index (χ1n) is 10.7. The van der Waals surface area contributed by atoms with Crippen LogP contribution in [0, 0.1) is 13.8 Å². The second-order valence-corrected chi connectivity index (χ2v) is 9.06. The van der Waals surface area contributed by atoms with Crippen molar-refractivity contribution in [2.24, 2.45) is 0 Å². The van der Waals surface area contributed by atoms with Crippen LogP contribution in [-0.4, -0.2) is 29.8 Å². The van der Waals surface area contributed by atoms with Crippen LogP contribution in [0.4, 0.5) is 0 Å². The number of likely N-dealkylation sites (N-methyl/N-ethyl adjacent to an activating group) is 1. The number of carbonyl (C=O) groups excluding carboxylic acids is 2. The van der Waals surface area contributed by atoms with Gasteiger partial charge in [0.1, 0.15) is 6.04 Å². The van der Waals surface area contributed by atoms with E-state index >= 15 is 0 Å². The first kappa shape index (κ1) is 23.7. The van der Waals surface area contributed by atoms with Crippen molar-refractivity contribution >= 4 is 27.7 Å². The Kier molecular flexibility index (Phi) is 8.23. The van der Waals surface area contributed by atoms with Crippen LogP contribution in [0.5, 0.6) is 0 Å². The molecular weight excluding hydrogens is 464 g/mol. The van der Waals surface area contributed by atoms with Crippen molar-refractivity contribution in [2.75, 3.05) is 7.05 Å². The summed E-state index contributed by atoms with van der Waals surface area (Å²) in [5, 5.41) is 2.76. The van der Waals surface area contributed by atoms with Crippen molar-refractivity contribution in [3.63, 3.8) is 0 Å². The van der Waals surface area contributed by atoms with Crippen LogP contribution >= 0.6 is 15.9 Å². The summed E-state index contributed by atoms with van der Waals surface area (Å²) in [6.07, 6.45) is 0.705. The van der Waals surface area contributed by atoms with E-state index in [0.717, 1.165) is 32.3 Å². The van der Waals surface area contributed by atoms with Gasteiger partial charge in [0.2, 0.25) is 11.8 Å². The predicted octanol–water partition coefficient (Wildman–Crippen LogP) is 4.99. The summed E-state index contributed by atoms with van der Waals surface area (Å²) in [7, 11) is 1.62. The molecule has 1 N–H and O–H groups in total. The molecular formula is C27H29BrN2O2. The predicted molar refractivity (Wildman–Crippen MR) is 132 cm³/mol. The number of nitrogens with one attached hydrogen (secondary N) is 1. The van der Waals surface area contributed by atoms with Crippen molar-refractivity contribution in [2.45, 2.75) is 39.3 Å². The molecule has 32 heavy (non-hydrogen) atoms. The minimum absolute atomic E-state index is 0.0672. The minimum Gasteiger partial charge on any atom is -0.357 e. The Morgan fingerprint density at radius 1 is 0.875 bits per heavy atom. The van der Waals surface area contributed by atoms with Gasteiger partial charge in [0.25, 0.3) is 0 Å². The average Bonchev–Trinajstić information content (AvgIpc) is 2.76. The topological polar surface area (TPSA) is 49.4 Å². The van der Waals surface area contributed by atoms with E-state index in [4.69, 9.17) is 0 Å². The van der Waals surface area contributed by atoms with Gasteiger partial charge in [-0.2, -0.15) is 0 Å². The number of carbonyl (C=O) groups is 2. The maximum absolute atomic E-state index is 13.6. The fraction of sp³-hybridized carbons (Fsp3) is 0.259. The highest BCUT2D eigenvalue weighted by Gasteiger charge is 2.29. The Hall–Kier alpha value is -2.92. The summed E-state index contributed by atoms with van der Waals surface area (Å²) in [4.78, 5) is 28.3. The molecule has 5 heteroatoms. The number of amides is 2. The summed E-state index contributed by atoms with van der Waals surface area (Å²) >= 11 is 3.46. The van der Waals surface area contributed by atoms with Crippen molar-refractivity contribution in [1.29, 1.82) is 0 Å². The maximum Gasteiger partial charge on any atom is 0.242 e. The molecule has 166 valence electrons. The Morgan fingerprint density at radius 3 is 2.09 bits per heavy atom. The lowest BCUT2D eigenvalue weighted by Crippen LogP contribution is -2.50. The second kappa shape index (κ2) is 11.1. The average molecular weight is 493 g/mol.